The summed E-state index contributed by atoms with van der Waals surface area (Å²) >= 11 is 0. The molecule has 1 aliphatic carbocycles. The van der Waals surface area contributed by atoms with E-state index in [1.165, 1.54) is 17.5 Å². The Kier molecular flexibility index (Phi) is 4.42. The van der Waals surface area contributed by atoms with Gasteiger partial charge in [0.15, 0.2) is 0 Å². The number of carbonyl (C=O) groups is 3. The molecule has 1 unspecified atom stereocenters. The van der Waals surface area contributed by atoms with Crippen LogP contribution < -0.4 is 10.1 Å². The van der Waals surface area contributed by atoms with Crippen molar-refractivity contribution >= 4 is 17.7 Å². The van der Waals surface area contributed by atoms with E-state index in [0.29, 0.717) is 30.0 Å². The first-order valence-corrected chi connectivity index (χ1v) is 10.3. The van der Waals surface area contributed by atoms with Crippen molar-refractivity contribution in [1.29, 1.82) is 0 Å². The Morgan fingerprint density at radius 1 is 0.967 bits per heavy atom. The molecule has 6 heteroatoms. The lowest BCUT2D eigenvalue weighted by Crippen LogP contribution is -2.51. The highest BCUT2D eigenvalue weighted by Gasteiger charge is 2.45. The highest BCUT2D eigenvalue weighted by atomic mass is 16.5. The zero-order valence-electron chi connectivity index (χ0n) is 16.6. The Balaban J connectivity index is 1.46. The summed E-state index contributed by atoms with van der Waals surface area (Å²) in [5.41, 5.74) is 3.71. The van der Waals surface area contributed by atoms with Gasteiger partial charge in [0.1, 0.15) is 17.5 Å². The Morgan fingerprint density at radius 2 is 1.77 bits per heavy atom. The van der Waals surface area contributed by atoms with Crippen molar-refractivity contribution in [3.05, 3.63) is 70.9 Å². The molecule has 2 aliphatic heterocycles. The second-order valence-electron chi connectivity index (χ2n) is 8.05. The number of nitrogens with one attached hydrogen (secondary N) is 1. The van der Waals surface area contributed by atoms with Crippen molar-refractivity contribution in [3.63, 3.8) is 0 Å². The van der Waals surface area contributed by atoms with Crippen LogP contribution in [0.15, 0.2) is 48.7 Å². The Bertz CT molecular complexity index is 1100. The first kappa shape index (κ1) is 18.6. The van der Waals surface area contributed by atoms with Gasteiger partial charge in [0, 0.05) is 5.70 Å². The largest absolute Gasteiger partial charge is 0.456 e. The van der Waals surface area contributed by atoms with Gasteiger partial charge in [-0.25, -0.2) is 0 Å². The molecule has 3 amide bonds. The van der Waals surface area contributed by atoms with Gasteiger partial charge >= 0.3 is 0 Å². The van der Waals surface area contributed by atoms with Crippen molar-refractivity contribution in [3.8, 4) is 11.5 Å². The molecule has 2 aromatic carbocycles. The normalized spacial score (nSPS) is 20.7. The lowest BCUT2D eigenvalue weighted by molar-refractivity contribution is -0.125. The van der Waals surface area contributed by atoms with E-state index in [9.17, 15) is 14.4 Å². The van der Waals surface area contributed by atoms with E-state index in [1.54, 1.807) is 18.2 Å². The van der Waals surface area contributed by atoms with Crippen LogP contribution in [0, 0.1) is 0 Å². The van der Waals surface area contributed by atoms with Crippen LogP contribution in [0.3, 0.4) is 0 Å². The van der Waals surface area contributed by atoms with Gasteiger partial charge in [-0.1, -0.05) is 18.7 Å². The molecular weight excluding hydrogens is 380 g/mol. The molecule has 0 bridgehead atoms. The van der Waals surface area contributed by atoms with E-state index < -0.39 is 17.9 Å². The molecule has 1 saturated heterocycles. The fourth-order valence-corrected chi connectivity index (χ4v) is 4.55. The second-order valence-corrected chi connectivity index (χ2v) is 8.05. The number of nitrogens with zero attached hydrogens (tertiary/aromatic N) is 1. The fourth-order valence-electron chi connectivity index (χ4n) is 4.55. The number of fused-ring (bicyclic) bond motifs is 2. The Labute approximate surface area is 174 Å². The Hall–Kier alpha value is -3.41. The predicted octanol–water partition coefficient (Wildman–Crippen LogP) is 3.75. The van der Waals surface area contributed by atoms with Crippen LogP contribution in [-0.4, -0.2) is 28.7 Å². The third-order valence-electron chi connectivity index (χ3n) is 6.09. The molecule has 0 saturated carbocycles. The van der Waals surface area contributed by atoms with Crippen molar-refractivity contribution in [2.24, 2.45) is 0 Å². The van der Waals surface area contributed by atoms with Crippen molar-refractivity contribution in [2.75, 3.05) is 0 Å². The molecule has 2 heterocycles. The number of amides is 3. The van der Waals surface area contributed by atoms with Crippen LogP contribution in [0.25, 0.3) is 0 Å². The molecule has 3 aliphatic rings. The van der Waals surface area contributed by atoms with Crippen molar-refractivity contribution in [1.82, 2.24) is 10.2 Å². The topological polar surface area (TPSA) is 75.7 Å². The summed E-state index contributed by atoms with van der Waals surface area (Å²) in [6.45, 7) is 3.75. The minimum absolute atomic E-state index is 0.220. The van der Waals surface area contributed by atoms with Crippen LogP contribution in [0.1, 0.15) is 57.5 Å². The summed E-state index contributed by atoms with van der Waals surface area (Å²) in [5.74, 6) is -0.341. The first-order valence-electron chi connectivity index (χ1n) is 10.3. The van der Waals surface area contributed by atoms with E-state index in [-0.39, 0.29) is 17.0 Å². The van der Waals surface area contributed by atoms with Gasteiger partial charge in [-0.2, -0.15) is 0 Å². The highest BCUT2D eigenvalue weighted by molar-refractivity contribution is 6.24. The number of benzene rings is 2. The SMILES string of the molecule is C=C1CCC(N2C(=O)c3cccc(Oc4ccc5c(c4)CCCC5)c3C2=O)C(=O)N1. The average molecular weight is 402 g/mol. The highest BCUT2D eigenvalue weighted by Crippen LogP contribution is 2.37. The van der Waals surface area contributed by atoms with Gasteiger partial charge in [-0.3, -0.25) is 19.3 Å². The third-order valence-corrected chi connectivity index (χ3v) is 6.09. The van der Waals surface area contributed by atoms with E-state index in [0.717, 1.165) is 24.2 Å². The maximum absolute atomic E-state index is 13.2. The molecule has 2 aromatic rings. The molecular formula is C24H22N2O4. The smallest absolute Gasteiger partial charge is 0.266 e. The summed E-state index contributed by atoms with van der Waals surface area (Å²) in [6, 6.07) is 10.2. The number of imide groups is 1. The number of hydrogen-bond acceptors (Lipinski definition) is 4. The first-order chi connectivity index (χ1) is 14.5. The van der Waals surface area contributed by atoms with Crippen molar-refractivity contribution in [2.45, 2.75) is 44.6 Å². The van der Waals surface area contributed by atoms with Gasteiger partial charge in [0.25, 0.3) is 11.8 Å². The minimum Gasteiger partial charge on any atom is -0.456 e. The van der Waals surface area contributed by atoms with Crippen LogP contribution in [-0.2, 0) is 17.6 Å². The monoisotopic (exact) mass is 402 g/mol. The minimum atomic E-state index is -0.834. The van der Waals surface area contributed by atoms with Gasteiger partial charge in [-0.05, 0) is 73.9 Å². The van der Waals surface area contributed by atoms with Crippen LogP contribution in [0.5, 0.6) is 11.5 Å². The number of piperidine rings is 1. The van der Waals surface area contributed by atoms with Gasteiger partial charge in [0.2, 0.25) is 5.91 Å². The van der Waals surface area contributed by atoms with Gasteiger partial charge in [-0.15, -0.1) is 0 Å². The molecule has 5 rings (SSSR count). The fraction of sp³-hybridized carbons (Fsp3) is 0.292. The molecule has 1 atom stereocenters. The van der Waals surface area contributed by atoms with Crippen LogP contribution in [0.4, 0.5) is 0 Å². The molecule has 0 aromatic heterocycles. The number of ether oxygens (including phenoxy) is 1. The molecule has 0 spiro atoms. The average Bonchev–Trinajstić information content (AvgIpc) is 2.99. The number of carbonyl (C=O) groups excluding carboxylic acids is 3. The second kappa shape index (κ2) is 7.13. The summed E-state index contributed by atoms with van der Waals surface area (Å²) in [6.07, 6.45) is 5.36. The third kappa shape index (κ3) is 3.00. The summed E-state index contributed by atoms with van der Waals surface area (Å²) < 4.78 is 6.07. The quantitative estimate of drug-likeness (QED) is 0.794. The molecule has 1 fully saturated rings. The van der Waals surface area contributed by atoms with Crippen molar-refractivity contribution < 1.29 is 19.1 Å². The molecule has 6 nitrogen and oxygen atoms in total. The maximum atomic E-state index is 13.2. The molecule has 1 N–H and O–H groups in total. The zero-order chi connectivity index (χ0) is 20.8. The lowest BCUT2D eigenvalue weighted by Gasteiger charge is -2.29. The van der Waals surface area contributed by atoms with Gasteiger partial charge < -0.3 is 10.1 Å². The molecule has 30 heavy (non-hydrogen) atoms. The van der Waals surface area contributed by atoms with Gasteiger partial charge in [0.05, 0.1) is 11.1 Å². The molecule has 0 radical (unpaired) electrons. The van der Waals surface area contributed by atoms with Crippen LogP contribution in [0.2, 0.25) is 0 Å². The van der Waals surface area contributed by atoms with E-state index in [1.807, 2.05) is 12.1 Å². The van der Waals surface area contributed by atoms with E-state index in [4.69, 9.17) is 4.74 Å². The number of aryl methyl sites for hydroxylation is 2. The predicted molar refractivity (Wildman–Crippen MR) is 110 cm³/mol. The molecule has 152 valence electrons. The summed E-state index contributed by atoms with van der Waals surface area (Å²) in [4.78, 5) is 39.6. The standard InChI is InChI=1S/C24H22N2O4/c1-14-9-12-19(22(27)25-14)26-23(28)18-7-4-8-20(21(18)24(26)29)30-17-11-10-15-5-2-3-6-16(15)13-17/h4,7-8,10-11,13,19H,1-3,5-6,9,12H2,(H,25,27). The lowest BCUT2D eigenvalue weighted by atomic mass is 9.92. The van der Waals surface area contributed by atoms with E-state index in [2.05, 4.69) is 18.0 Å². The Morgan fingerprint density at radius 3 is 2.57 bits per heavy atom. The maximum Gasteiger partial charge on any atom is 0.266 e. The zero-order valence-corrected chi connectivity index (χ0v) is 16.6. The number of rotatable bonds is 3. The van der Waals surface area contributed by atoms with E-state index >= 15 is 0 Å². The summed E-state index contributed by atoms with van der Waals surface area (Å²) in [5, 5.41) is 2.65. The summed E-state index contributed by atoms with van der Waals surface area (Å²) in [7, 11) is 0. The van der Waals surface area contributed by atoms with Crippen LogP contribution >= 0.6 is 0 Å². The number of allylic oxidation sites excluding steroid dienone is 1. The number of hydrogen-bond donors (Lipinski definition) is 1.